The molecule has 2 rings (SSSR count). The number of fused-ring (bicyclic) bond motifs is 1. The summed E-state index contributed by atoms with van der Waals surface area (Å²) in [5, 5.41) is 1.40. The van der Waals surface area contributed by atoms with Gasteiger partial charge in [0, 0.05) is 0 Å². The molecular formula is C18H23NaO3S. The fourth-order valence-corrected chi connectivity index (χ4v) is 3.91. The smallest absolute Gasteiger partial charge is 0.744 e. The molecule has 2 aromatic rings. The molecule has 0 amide bonds. The van der Waals surface area contributed by atoms with Crippen LogP contribution < -0.4 is 29.6 Å². The molecule has 0 aliphatic carbocycles. The summed E-state index contributed by atoms with van der Waals surface area (Å²) in [4.78, 5) is 0.00477. The van der Waals surface area contributed by atoms with Gasteiger partial charge in [-0.25, -0.2) is 8.42 Å². The van der Waals surface area contributed by atoms with Crippen molar-refractivity contribution in [2.45, 2.75) is 57.3 Å². The molecule has 0 aromatic heterocycles. The largest absolute Gasteiger partial charge is 1.00 e. The Hall–Kier alpha value is -0.390. The van der Waals surface area contributed by atoms with E-state index in [0.717, 1.165) is 48.6 Å². The molecule has 0 aliphatic rings. The topological polar surface area (TPSA) is 57.2 Å². The number of rotatable bonds is 7. The summed E-state index contributed by atoms with van der Waals surface area (Å²) < 4.78 is 35.7. The Bertz CT molecular complexity index is 754. The predicted molar refractivity (Wildman–Crippen MR) is 89.1 cm³/mol. The Kier molecular flexibility index (Phi) is 8.25. The van der Waals surface area contributed by atoms with E-state index in [-0.39, 0.29) is 34.5 Å². The molecular weight excluding hydrogens is 319 g/mol. The molecule has 23 heavy (non-hydrogen) atoms. The van der Waals surface area contributed by atoms with Crippen LogP contribution in [0.25, 0.3) is 10.8 Å². The minimum Gasteiger partial charge on any atom is -0.744 e. The molecule has 0 fully saturated rings. The fourth-order valence-electron chi connectivity index (χ4n) is 2.92. The zero-order valence-corrected chi connectivity index (χ0v) is 17.1. The Morgan fingerprint density at radius 1 is 1.00 bits per heavy atom. The Morgan fingerprint density at radius 3 is 2.22 bits per heavy atom. The van der Waals surface area contributed by atoms with E-state index in [1.54, 1.807) is 12.1 Å². The van der Waals surface area contributed by atoms with Crippen LogP contribution in [0.1, 0.15) is 50.7 Å². The Morgan fingerprint density at radius 2 is 1.61 bits per heavy atom. The van der Waals surface area contributed by atoms with Crippen molar-refractivity contribution in [2.24, 2.45) is 0 Å². The van der Waals surface area contributed by atoms with Gasteiger partial charge in [0.25, 0.3) is 0 Å². The van der Waals surface area contributed by atoms with E-state index >= 15 is 0 Å². The van der Waals surface area contributed by atoms with E-state index < -0.39 is 10.1 Å². The second-order valence-electron chi connectivity index (χ2n) is 5.73. The van der Waals surface area contributed by atoms with Crippen LogP contribution in [0.15, 0.2) is 35.2 Å². The van der Waals surface area contributed by atoms with Crippen LogP contribution in [-0.2, 0) is 23.0 Å². The summed E-state index contributed by atoms with van der Waals surface area (Å²) in [7, 11) is -4.49. The molecule has 5 heteroatoms. The van der Waals surface area contributed by atoms with E-state index in [9.17, 15) is 13.0 Å². The number of benzene rings is 2. The minimum absolute atomic E-state index is 0. The SMILES string of the molecule is CCCCc1cc2ccccc2c(S(=O)(=O)[O-])c1CCCC.[Na+]. The maximum absolute atomic E-state index is 11.9. The normalized spacial score (nSPS) is 11.4. The molecule has 0 spiro atoms. The van der Waals surface area contributed by atoms with Gasteiger partial charge in [-0.2, -0.15) is 0 Å². The first-order chi connectivity index (χ1) is 10.5. The van der Waals surface area contributed by atoms with E-state index in [4.69, 9.17) is 0 Å². The molecule has 0 atom stereocenters. The van der Waals surface area contributed by atoms with Crippen LogP contribution in [-0.4, -0.2) is 13.0 Å². The summed E-state index contributed by atoms with van der Waals surface area (Å²) in [6.07, 6.45) is 5.37. The molecule has 0 N–H and O–H groups in total. The van der Waals surface area contributed by atoms with Crippen molar-refractivity contribution in [3.05, 3.63) is 41.5 Å². The van der Waals surface area contributed by atoms with Crippen LogP contribution >= 0.6 is 0 Å². The van der Waals surface area contributed by atoms with E-state index in [1.807, 2.05) is 12.1 Å². The van der Waals surface area contributed by atoms with Gasteiger partial charge in [-0.3, -0.25) is 0 Å². The van der Waals surface area contributed by atoms with Gasteiger partial charge in [0.05, 0.1) is 4.90 Å². The third kappa shape index (κ3) is 5.04. The van der Waals surface area contributed by atoms with Crippen LogP contribution in [0.3, 0.4) is 0 Å². The molecule has 2 aromatic carbocycles. The van der Waals surface area contributed by atoms with Crippen molar-refractivity contribution in [3.63, 3.8) is 0 Å². The second kappa shape index (κ2) is 9.19. The first-order valence-corrected chi connectivity index (χ1v) is 9.39. The zero-order chi connectivity index (χ0) is 16.2. The molecule has 0 saturated heterocycles. The van der Waals surface area contributed by atoms with Crippen molar-refractivity contribution < 1.29 is 42.5 Å². The first-order valence-electron chi connectivity index (χ1n) is 7.98. The van der Waals surface area contributed by atoms with Gasteiger partial charge in [0.15, 0.2) is 0 Å². The second-order valence-corrected chi connectivity index (χ2v) is 7.04. The number of aryl methyl sites for hydroxylation is 1. The van der Waals surface area contributed by atoms with Crippen LogP contribution in [0.5, 0.6) is 0 Å². The molecule has 3 nitrogen and oxygen atoms in total. The van der Waals surface area contributed by atoms with Crippen molar-refractivity contribution in [1.82, 2.24) is 0 Å². The van der Waals surface area contributed by atoms with E-state index in [0.29, 0.717) is 11.8 Å². The Labute approximate surface area is 161 Å². The maximum Gasteiger partial charge on any atom is 1.00 e. The van der Waals surface area contributed by atoms with Crippen LogP contribution in [0, 0.1) is 0 Å². The molecule has 0 unspecified atom stereocenters. The standard InChI is InChI=1S/C18H24O3S.Na/c1-3-5-9-14-13-15-10-7-8-12-17(15)18(22(19,20)21)16(14)11-6-4-2;/h7-8,10,12-13H,3-6,9,11H2,1-2H3,(H,19,20,21);/q;+1/p-1. The van der Waals surface area contributed by atoms with Gasteiger partial charge < -0.3 is 4.55 Å². The molecule has 0 bridgehead atoms. The van der Waals surface area contributed by atoms with Gasteiger partial charge in [-0.05, 0) is 47.6 Å². The average Bonchev–Trinajstić information content (AvgIpc) is 2.48. The predicted octanol–water partition coefficient (Wildman–Crippen LogP) is 1.43. The number of hydrogen-bond donors (Lipinski definition) is 0. The van der Waals surface area contributed by atoms with Gasteiger partial charge in [0.1, 0.15) is 10.1 Å². The Balaban J connectivity index is 0.00000264. The third-order valence-electron chi connectivity index (χ3n) is 4.03. The van der Waals surface area contributed by atoms with Gasteiger partial charge in [-0.15, -0.1) is 0 Å². The quantitative estimate of drug-likeness (QED) is 0.565. The van der Waals surface area contributed by atoms with Crippen LogP contribution in [0.4, 0.5) is 0 Å². The number of hydrogen-bond acceptors (Lipinski definition) is 3. The average molecular weight is 342 g/mol. The van der Waals surface area contributed by atoms with Gasteiger partial charge in [0.2, 0.25) is 0 Å². The van der Waals surface area contributed by atoms with Crippen molar-refractivity contribution in [2.75, 3.05) is 0 Å². The van der Waals surface area contributed by atoms with Crippen molar-refractivity contribution >= 4 is 20.9 Å². The van der Waals surface area contributed by atoms with E-state index in [2.05, 4.69) is 19.9 Å². The summed E-state index contributed by atoms with van der Waals surface area (Å²) in [6, 6.07) is 9.33. The summed E-state index contributed by atoms with van der Waals surface area (Å²) in [5.74, 6) is 0. The van der Waals surface area contributed by atoms with Gasteiger partial charge in [-0.1, -0.05) is 57.0 Å². The van der Waals surface area contributed by atoms with Crippen molar-refractivity contribution in [1.29, 1.82) is 0 Å². The van der Waals surface area contributed by atoms with Crippen LogP contribution in [0.2, 0.25) is 0 Å². The molecule has 0 saturated carbocycles. The van der Waals surface area contributed by atoms with Gasteiger partial charge >= 0.3 is 29.6 Å². The summed E-state index contributed by atoms with van der Waals surface area (Å²) >= 11 is 0. The van der Waals surface area contributed by atoms with E-state index in [1.165, 1.54) is 0 Å². The van der Waals surface area contributed by atoms with Crippen molar-refractivity contribution in [3.8, 4) is 0 Å². The fraction of sp³-hybridized carbons (Fsp3) is 0.444. The zero-order valence-electron chi connectivity index (χ0n) is 14.3. The summed E-state index contributed by atoms with van der Waals surface area (Å²) in [5.41, 5.74) is 1.76. The third-order valence-corrected chi connectivity index (χ3v) is 4.99. The number of unbranched alkanes of at least 4 members (excludes halogenated alkanes) is 2. The molecule has 0 radical (unpaired) electrons. The molecule has 120 valence electrons. The monoisotopic (exact) mass is 342 g/mol. The summed E-state index contributed by atoms with van der Waals surface area (Å²) in [6.45, 7) is 4.18. The maximum atomic E-state index is 11.9. The minimum atomic E-state index is -4.49. The molecule has 0 heterocycles. The molecule has 0 aliphatic heterocycles. The first kappa shape index (κ1) is 20.7.